The summed E-state index contributed by atoms with van der Waals surface area (Å²) < 4.78 is 5.93. The summed E-state index contributed by atoms with van der Waals surface area (Å²) in [7, 11) is 0. The van der Waals surface area contributed by atoms with Gasteiger partial charge in [0.1, 0.15) is 0 Å². The van der Waals surface area contributed by atoms with Crippen molar-refractivity contribution in [2.45, 2.75) is 97.5 Å². The number of rotatable bonds is 6. The summed E-state index contributed by atoms with van der Waals surface area (Å²) in [6.07, 6.45) is 16.0. The van der Waals surface area contributed by atoms with E-state index in [0.717, 1.165) is 18.4 Å². The standard InChI is InChI=1S/C19H36O/c1-4-12-19(3)13-10-17(11-14-19)16-6-8-18(9-7-16)20-15-5-2/h16-18H,4-15H2,1-3H3/t16?,17-,18?,19-. The first-order valence-corrected chi connectivity index (χ1v) is 9.28. The third kappa shape index (κ3) is 4.48. The lowest BCUT2D eigenvalue weighted by Crippen LogP contribution is -2.31. The topological polar surface area (TPSA) is 9.23 Å². The average Bonchev–Trinajstić information content (AvgIpc) is 2.47. The zero-order chi connectivity index (χ0) is 14.4. The minimum atomic E-state index is 0.583. The lowest BCUT2D eigenvalue weighted by Gasteiger charge is -2.42. The summed E-state index contributed by atoms with van der Waals surface area (Å²) in [5.41, 5.74) is 0.673. The molecule has 2 rings (SSSR count). The second-order valence-corrected chi connectivity index (χ2v) is 7.81. The Hall–Kier alpha value is -0.0400. The molecule has 0 unspecified atom stereocenters. The molecule has 0 radical (unpaired) electrons. The lowest BCUT2D eigenvalue weighted by atomic mass is 9.64. The molecule has 0 amide bonds. The predicted molar refractivity (Wildman–Crippen MR) is 87.0 cm³/mol. The smallest absolute Gasteiger partial charge is 0.0575 e. The molecule has 0 aromatic heterocycles. The minimum absolute atomic E-state index is 0.583. The van der Waals surface area contributed by atoms with Gasteiger partial charge in [0, 0.05) is 6.61 Å². The highest BCUT2D eigenvalue weighted by Crippen LogP contribution is 2.46. The van der Waals surface area contributed by atoms with E-state index in [9.17, 15) is 0 Å². The minimum Gasteiger partial charge on any atom is -0.378 e. The van der Waals surface area contributed by atoms with Gasteiger partial charge in [-0.2, -0.15) is 0 Å². The Labute approximate surface area is 126 Å². The molecule has 118 valence electrons. The first kappa shape index (κ1) is 16.3. The third-order valence-electron chi connectivity index (χ3n) is 6.03. The molecule has 0 bridgehead atoms. The van der Waals surface area contributed by atoms with E-state index < -0.39 is 0 Å². The van der Waals surface area contributed by atoms with Crippen LogP contribution in [-0.4, -0.2) is 12.7 Å². The van der Waals surface area contributed by atoms with Crippen LogP contribution in [-0.2, 0) is 4.74 Å². The first-order chi connectivity index (χ1) is 9.67. The maximum atomic E-state index is 5.93. The molecule has 0 spiro atoms. The molecule has 1 heteroatoms. The van der Waals surface area contributed by atoms with Gasteiger partial charge in [-0.3, -0.25) is 0 Å². The third-order valence-corrected chi connectivity index (χ3v) is 6.03. The highest BCUT2D eigenvalue weighted by molar-refractivity contribution is 4.86. The van der Waals surface area contributed by atoms with Crippen LogP contribution in [0.2, 0.25) is 0 Å². The van der Waals surface area contributed by atoms with E-state index in [1.165, 1.54) is 70.6 Å². The van der Waals surface area contributed by atoms with Crippen molar-refractivity contribution < 1.29 is 4.74 Å². The van der Waals surface area contributed by atoms with E-state index in [2.05, 4.69) is 20.8 Å². The van der Waals surface area contributed by atoms with E-state index >= 15 is 0 Å². The predicted octanol–water partition coefficient (Wildman–Crippen LogP) is 5.97. The Morgan fingerprint density at radius 3 is 2.00 bits per heavy atom. The van der Waals surface area contributed by atoms with Crippen molar-refractivity contribution in [1.29, 1.82) is 0 Å². The summed E-state index contributed by atoms with van der Waals surface area (Å²) in [6, 6.07) is 0. The van der Waals surface area contributed by atoms with E-state index in [-0.39, 0.29) is 0 Å². The van der Waals surface area contributed by atoms with Crippen LogP contribution in [0.5, 0.6) is 0 Å². The maximum absolute atomic E-state index is 5.93. The van der Waals surface area contributed by atoms with Gasteiger partial charge in [-0.1, -0.05) is 27.2 Å². The van der Waals surface area contributed by atoms with E-state index in [1.54, 1.807) is 0 Å². The van der Waals surface area contributed by atoms with Gasteiger partial charge >= 0.3 is 0 Å². The van der Waals surface area contributed by atoms with Crippen molar-refractivity contribution in [2.24, 2.45) is 17.3 Å². The van der Waals surface area contributed by atoms with Gasteiger partial charge in [-0.15, -0.1) is 0 Å². The van der Waals surface area contributed by atoms with Crippen molar-refractivity contribution in [3.05, 3.63) is 0 Å². The van der Waals surface area contributed by atoms with Crippen molar-refractivity contribution in [1.82, 2.24) is 0 Å². The van der Waals surface area contributed by atoms with Crippen LogP contribution in [0.1, 0.15) is 91.4 Å². The van der Waals surface area contributed by atoms with Crippen LogP contribution in [0.15, 0.2) is 0 Å². The van der Waals surface area contributed by atoms with Gasteiger partial charge in [0.2, 0.25) is 0 Å². The molecule has 0 aromatic rings. The summed E-state index contributed by atoms with van der Waals surface area (Å²) in [6.45, 7) is 8.05. The average molecular weight is 280 g/mol. The Balaban J connectivity index is 1.70. The maximum Gasteiger partial charge on any atom is 0.0575 e. The van der Waals surface area contributed by atoms with Crippen LogP contribution in [0, 0.1) is 17.3 Å². The van der Waals surface area contributed by atoms with E-state index in [4.69, 9.17) is 4.74 Å². The largest absolute Gasteiger partial charge is 0.378 e. The monoisotopic (exact) mass is 280 g/mol. The molecule has 2 saturated carbocycles. The molecule has 0 saturated heterocycles. The van der Waals surface area contributed by atoms with Gasteiger partial charge in [0.05, 0.1) is 6.10 Å². The normalized spacial score (nSPS) is 38.9. The van der Waals surface area contributed by atoms with Crippen molar-refractivity contribution in [3.63, 3.8) is 0 Å². The van der Waals surface area contributed by atoms with Crippen LogP contribution in [0.4, 0.5) is 0 Å². The fraction of sp³-hybridized carbons (Fsp3) is 1.00. The van der Waals surface area contributed by atoms with Crippen molar-refractivity contribution in [3.8, 4) is 0 Å². The molecule has 0 heterocycles. The zero-order valence-corrected chi connectivity index (χ0v) is 14.1. The molecule has 0 atom stereocenters. The van der Waals surface area contributed by atoms with Crippen LogP contribution < -0.4 is 0 Å². The molecule has 1 nitrogen and oxygen atoms in total. The van der Waals surface area contributed by atoms with E-state index in [0.29, 0.717) is 11.5 Å². The van der Waals surface area contributed by atoms with Gasteiger partial charge in [0.15, 0.2) is 0 Å². The van der Waals surface area contributed by atoms with Crippen molar-refractivity contribution >= 4 is 0 Å². The Kier molecular flexibility index (Phi) is 6.39. The molecular weight excluding hydrogens is 244 g/mol. The molecule has 2 fully saturated rings. The summed E-state index contributed by atoms with van der Waals surface area (Å²) in [5.74, 6) is 2.05. The number of hydrogen-bond donors (Lipinski definition) is 0. The van der Waals surface area contributed by atoms with Crippen LogP contribution >= 0.6 is 0 Å². The first-order valence-electron chi connectivity index (χ1n) is 9.28. The quantitative estimate of drug-likeness (QED) is 0.582. The summed E-state index contributed by atoms with van der Waals surface area (Å²) in [4.78, 5) is 0. The second-order valence-electron chi connectivity index (χ2n) is 7.81. The summed E-state index contributed by atoms with van der Waals surface area (Å²) in [5, 5.41) is 0. The second kappa shape index (κ2) is 7.82. The number of ether oxygens (including phenoxy) is 1. The molecule has 0 aromatic carbocycles. The van der Waals surface area contributed by atoms with Gasteiger partial charge in [-0.05, 0) is 81.5 Å². The molecule has 20 heavy (non-hydrogen) atoms. The van der Waals surface area contributed by atoms with Crippen LogP contribution in [0.25, 0.3) is 0 Å². The highest BCUT2D eigenvalue weighted by atomic mass is 16.5. The number of hydrogen-bond acceptors (Lipinski definition) is 1. The SMILES string of the molecule is CCCOC1CCC([C@H]2CC[C@](C)(CCC)CC2)CC1. The van der Waals surface area contributed by atoms with E-state index in [1.807, 2.05) is 0 Å². The van der Waals surface area contributed by atoms with Gasteiger partial charge in [-0.25, -0.2) is 0 Å². The zero-order valence-electron chi connectivity index (χ0n) is 14.1. The fourth-order valence-electron chi connectivity index (χ4n) is 4.67. The molecule has 2 aliphatic rings. The van der Waals surface area contributed by atoms with Crippen molar-refractivity contribution in [2.75, 3.05) is 6.61 Å². The fourth-order valence-corrected chi connectivity index (χ4v) is 4.67. The highest BCUT2D eigenvalue weighted by Gasteiger charge is 2.35. The Morgan fingerprint density at radius 2 is 1.45 bits per heavy atom. The molecular formula is C19H36O. The van der Waals surface area contributed by atoms with Gasteiger partial charge in [0.25, 0.3) is 0 Å². The molecule has 0 N–H and O–H groups in total. The molecule has 2 aliphatic carbocycles. The Bertz CT molecular complexity index is 257. The van der Waals surface area contributed by atoms with Gasteiger partial charge < -0.3 is 4.74 Å². The summed E-state index contributed by atoms with van der Waals surface area (Å²) >= 11 is 0. The Morgan fingerprint density at radius 1 is 0.850 bits per heavy atom. The molecule has 0 aliphatic heterocycles. The van der Waals surface area contributed by atoms with Crippen LogP contribution in [0.3, 0.4) is 0 Å². The lowest BCUT2D eigenvalue weighted by molar-refractivity contribution is 0.00402.